The molecule has 1 heterocycles. The largest absolute Gasteiger partial charge is 0.318 e. The fourth-order valence-electron chi connectivity index (χ4n) is 2.64. The van der Waals surface area contributed by atoms with Crippen LogP contribution in [0.5, 0.6) is 0 Å². The first-order valence-electron chi connectivity index (χ1n) is 8.27. The van der Waals surface area contributed by atoms with Gasteiger partial charge in [-0.3, -0.25) is 9.59 Å². The quantitative estimate of drug-likeness (QED) is 0.727. The van der Waals surface area contributed by atoms with Gasteiger partial charge in [0, 0.05) is 17.0 Å². The summed E-state index contributed by atoms with van der Waals surface area (Å²) < 4.78 is 15.2. The van der Waals surface area contributed by atoms with E-state index in [1.807, 2.05) is 6.92 Å². The smallest absolute Gasteiger partial charge is 0.276 e. The van der Waals surface area contributed by atoms with Crippen molar-refractivity contribution >= 4 is 34.0 Å². The molecule has 0 aliphatic rings. The van der Waals surface area contributed by atoms with Gasteiger partial charge in [0.2, 0.25) is 0 Å². The van der Waals surface area contributed by atoms with Gasteiger partial charge in [-0.15, -0.1) is 0 Å². The first kappa shape index (κ1) is 18.1. The number of amides is 1. The zero-order chi connectivity index (χ0) is 18.7. The Morgan fingerprint density at radius 3 is 2.69 bits per heavy atom. The second-order valence-electron chi connectivity index (χ2n) is 5.85. The average molecular weight is 374 g/mol. The van der Waals surface area contributed by atoms with Crippen LogP contribution in [0.1, 0.15) is 30.3 Å². The van der Waals surface area contributed by atoms with Crippen molar-refractivity contribution in [2.45, 2.75) is 26.3 Å². The minimum Gasteiger partial charge on any atom is -0.318 e. The van der Waals surface area contributed by atoms with Crippen LogP contribution in [0.4, 0.5) is 10.1 Å². The van der Waals surface area contributed by atoms with E-state index in [2.05, 4.69) is 10.4 Å². The molecule has 5 nitrogen and oxygen atoms in total. The van der Waals surface area contributed by atoms with Crippen molar-refractivity contribution in [1.82, 2.24) is 9.78 Å². The third-order valence-electron chi connectivity index (χ3n) is 3.98. The van der Waals surface area contributed by atoms with Gasteiger partial charge < -0.3 is 5.32 Å². The number of aromatic nitrogens is 2. The fraction of sp³-hybridized carbons (Fsp3) is 0.211. The minimum atomic E-state index is -0.605. The molecule has 26 heavy (non-hydrogen) atoms. The SMILES string of the molecule is CCCCn1nc(C(=O)Nc2cc(Cl)ccc2F)c2ccccc2c1=O. The van der Waals surface area contributed by atoms with Crippen LogP contribution in [0.2, 0.25) is 5.02 Å². The molecule has 0 radical (unpaired) electrons. The van der Waals surface area contributed by atoms with Crippen molar-refractivity contribution < 1.29 is 9.18 Å². The Kier molecular flexibility index (Phi) is 5.32. The van der Waals surface area contributed by atoms with Crippen LogP contribution < -0.4 is 10.9 Å². The molecular weight excluding hydrogens is 357 g/mol. The maximum atomic E-state index is 13.9. The fourth-order valence-corrected chi connectivity index (χ4v) is 2.81. The average Bonchev–Trinajstić information content (AvgIpc) is 2.64. The highest BCUT2D eigenvalue weighted by Gasteiger charge is 2.18. The maximum Gasteiger partial charge on any atom is 0.276 e. The number of nitrogens with zero attached hydrogens (tertiary/aromatic N) is 2. The lowest BCUT2D eigenvalue weighted by Gasteiger charge is -2.11. The summed E-state index contributed by atoms with van der Waals surface area (Å²) in [5.74, 6) is -1.21. The lowest BCUT2D eigenvalue weighted by atomic mass is 10.1. The van der Waals surface area contributed by atoms with E-state index in [-0.39, 0.29) is 16.9 Å². The van der Waals surface area contributed by atoms with Crippen LogP contribution in [-0.4, -0.2) is 15.7 Å². The Labute approximate surface area is 154 Å². The molecule has 1 amide bonds. The second kappa shape index (κ2) is 7.66. The number of hydrogen-bond donors (Lipinski definition) is 1. The van der Waals surface area contributed by atoms with Gasteiger partial charge in [-0.2, -0.15) is 5.10 Å². The number of nitrogens with one attached hydrogen (secondary N) is 1. The molecule has 3 aromatic rings. The van der Waals surface area contributed by atoms with Gasteiger partial charge in [0.05, 0.1) is 11.1 Å². The van der Waals surface area contributed by atoms with Gasteiger partial charge in [0.25, 0.3) is 11.5 Å². The molecule has 0 aliphatic carbocycles. The maximum absolute atomic E-state index is 13.9. The predicted octanol–water partition coefficient (Wildman–Crippen LogP) is 4.24. The van der Waals surface area contributed by atoms with E-state index in [1.165, 1.54) is 22.9 Å². The minimum absolute atomic E-state index is 0.0420. The molecule has 1 N–H and O–H groups in total. The van der Waals surface area contributed by atoms with E-state index in [0.717, 1.165) is 12.8 Å². The Bertz CT molecular complexity index is 1030. The first-order chi connectivity index (χ1) is 12.5. The van der Waals surface area contributed by atoms with Crippen LogP contribution in [0, 0.1) is 5.82 Å². The van der Waals surface area contributed by atoms with Crippen LogP contribution in [0.3, 0.4) is 0 Å². The second-order valence-corrected chi connectivity index (χ2v) is 6.29. The highest BCUT2D eigenvalue weighted by molar-refractivity contribution is 6.31. The number of anilines is 1. The molecule has 0 spiro atoms. The molecule has 0 atom stereocenters. The van der Waals surface area contributed by atoms with Gasteiger partial charge in [-0.25, -0.2) is 9.07 Å². The molecule has 7 heteroatoms. The molecule has 0 saturated heterocycles. The summed E-state index contributed by atoms with van der Waals surface area (Å²) in [5, 5.41) is 7.83. The van der Waals surface area contributed by atoms with Crippen molar-refractivity contribution in [3.05, 3.63) is 69.4 Å². The van der Waals surface area contributed by atoms with Gasteiger partial charge in [0.1, 0.15) is 5.82 Å². The number of unbranched alkanes of at least 4 members (excludes halogenated alkanes) is 1. The zero-order valence-corrected chi connectivity index (χ0v) is 14.9. The van der Waals surface area contributed by atoms with Crippen LogP contribution >= 0.6 is 11.6 Å². The molecule has 0 aliphatic heterocycles. The highest BCUT2D eigenvalue weighted by atomic mass is 35.5. The lowest BCUT2D eigenvalue weighted by molar-refractivity contribution is 0.102. The number of hydrogen-bond acceptors (Lipinski definition) is 3. The number of benzene rings is 2. The topological polar surface area (TPSA) is 64.0 Å². The Balaban J connectivity index is 2.08. The third kappa shape index (κ3) is 3.60. The summed E-state index contributed by atoms with van der Waals surface area (Å²) in [5.41, 5.74) is -0.227. The summed E-state index contributed by atoms with van der Waals surface area (Å²) in [7, 11) is 0. The van der Waals surface area contributed by atoms with E-state index in [0.29, 0.717) is 22.3 Å². The van der Waals surface area contributed by atoms with Gasteiger partial charge in [0.15, 0.2) is 5.69 Å². The normalized spacial score (nSPS) is 10.9. The van der Waals surface area contributed by atoms with E-state index >= 15 is 0 Å². The molecule has 2 aromatic carbocycles. The number of rotatable bonds is 5. The Morgan fingerprint density at radius 1 is 1.23 bits per heavy atom. The number of halogens is 2. The van der Waals surface area contributed by atoms with Crippen molar-refractivity contribution in [3.8, 4) is 0 Å². The molecule has 134 valence electrons. The van der Waals surface area contributed by atoms with Gasteiger partial charge >= 0.3 is 0 Å². The predicted molar refractivity (Wildman–Crippen MR) is 100 cm³/mol. The van der Waals surface area contributed by atoms with Crippen LogP contribution in [0.25, 0.3) is 10.8 Å². The molecule has 0 unspecified atom stereocenters. The van der Waals surface area contributed by atoms with Crippen LogP contribution in [-0.2, 0) is 6.54 Å². The molecule has 1 aromatic heterocycles. The van der Waals surface area contributed by atoms with Gasteiger partial charge in [-0.05, 0) is 30.7 Å². The number of fused-ring (bicyclic) bond motifs is 1. The summed E-state index contributed by atoms with van der Waals surface area (Å²) in [6, 6.07) is 10.6. The van der Waals surface area contributed by atoms with E-state index in [1.54, 1.807) is 24.3 Å². The van der Waals surface area contributed by atoms with Crippen molar-refractivity contribution in [3.63, 3.8) is 0 Å². The molecular formula is C19H17ClFN3O2. The lowest BCUT2D eigenvalue weighted by Crippen LogP contribution is -2.28. The number of carbonyl (C=O) groups excluding carboxylic acids is 1. The molecule has 0 fully saturated rings. The first-order valence-corrected chi connectivity index (χ1v) is 8.65. The van der Waals surface area contributed by atoms with Crippen molar-refractivity contribution in [2.75, 3.05) is 5.32 Å². The van der Waals surface area contributed by atoms with E-state index < -0.39 is 11.7 Å². The summed E-state index contributed by atoms with van der Waals surface area (Å²) >= 11 is 5.87. The third-order valence-corrected chi connectivity index (χ3v) is 4.22. The van der Waals surface area contributed by atoms with Crippen molar-refractivity contribution in [1.29, 1.82) is 0 Å². The van der Waals surface area contributed by atoms with E-state index in [4.69, 9.17) is 11.6 Å². The number of aryl methyl sites for hydroxylation is 1. The zero-order valence-electron chi connectivity index (χ0n) is 14.1. The monoisotopic (exact) mass is 373 g/mol. The van der Waals surface area contributed by atoms with Gasteiger partial charge in [-0.1, -0.05) is 43.1 Å². The number of carbonyl (C=O) groups is 1. The molecule has 3 rings (SSSR count). The standard InChI is InChI=1S/C19H17ClFN3O2/c1-2-3-10-24-19(26)14-7-5-4-6-13(14)17(23-24)18(25)22-16-11-12(20)8-9-15(16)21/h4-9,11H,2-3,10H2,1H3,(H,22,25). The summed E-state index contributed by atoms with van der Waals surface area (Å²) in [6.07, 6.45) is 1.64. The Morgan fingerprint density at radius 2 is 1.96 bits per heavy atom. The highest BCUT2D eigenvalue weighted by Crippen LogP contribution is 2.21. The Hall–Kier alpha value is -2.73. The van der Waals surface area contributed by atoms with Crippen LogP contribution in [0.15, 0.2) is 47.3 Å². The summed E-state index contributed by atoms with van der Waals surface area (Å²) in [4.78, 5) is 25.3. The molecule has 0 saturated carbocycles. The summed E-state index contributed by atoms with van der Waals surface area (Å²) in [6.45, 7) is 2.41. The molecule has 0 bridgehead atoms. The van der Waals surface area contributed by atoms with Crippen molar-refractivity contribution in [2.24, 2.45) is 0 Å². The van der Waals surface area contributed by atoms with E-state index in [9.17, 15) is 14.0 Å².